The van der Waals surface area contributed by atoms with Crippen LogP contribution in [0.25, 0.3) is 0 Å². The molecule has 1 heterocycles. The van der Waals surface area contributed by atoms with E-state index in [4.69, 9.17) is 4.74 Å². The zero-order chi connectivity index (χ0) is 17.7. The van der Waals surface area contributed by atoms with Gasteiger partial charge in [-0.2, -0.15) is 0 Å². The zero-order valence-electron chi connectivity index (χ0n) is 14.5. The van der Waals surface area contributed by atoms with E-state index in [9.17, 15) is 14.7 Å². The molecule has 1 saturated heterocycles. The van der Waals surface area contributed by atoms with Crippen molar-refractivity contribution in [1.29, 1.82) is 0 Å². The highest BCUT2D eigenvalue weighted by Gasteiger charge is 2.26. The number of alkyl carbamates (subject to hydrolysis) is 1. The van der Waals surface area contributed by atoms with Crippen LogP contribution in [0, 0.1) is 0 Å². The van der Waals surface area contributed by atoms with Gasteiger partial charge in [0.15, 0.2) is 0 Å². The predicted molar refractivity (Wildman–Crippen MR) is 90.9 cm³/mol. The summed E-state index contributed by atoms with van der Waals surface area (Å²) in [6.07, 6.45) is 1.65. The van der Waals surface area contributed by atoms with E-state index in [1.165, 1.54) is 0 Å². The summed E-state index contributed by atoms with van der Waals surface area (Å²) < 4.78 is 5.16. The summed E-state index contributed by atoms with van der Waals surface area (Å²) in [5, 5.41) is 15.3. The fraction of sp³-hybridized carbons (Fsp3) is 0.556. The van der Waals surface area contributed by atoms with Crippen LogP contribution in [-0.4, -0.2) is 35.4 Å². The van der Waals surface area contributed by atoms with Crippen molar-refractivity contribution in [3.8, 4) is 0 Å². The highest BCUT2D eigenvalue weighted by atomic mass is 16.6. The molecule has 0 aliphatic carbocycles. The topological polar surface area (TPSA) is 87.7 Å². The van der Waals surface area contributed by atoms with Crippen molar-refractivity contribution in [2.24, 2.45) is 0 Å². The van der Waals surface area contributed by atoms with Crippen LogP contribution in [0.5, 0.6) is 0 Å². The van der Waals surface area contributed by atoms with Crippen LogP contribution in [0.15, 0.2) is 24.3 Å². The highest BCUT2D eigenvalue weighted by Crippen LogP contribution is 2.26. The minimum atomic E-state index is -1.07. The first-order valence-electron chi connectivity index (χ1n) is 8.30. The Hall–Kier alpha value is -2.08. The molecule has 132 valence electrons. The molecule has 2 rings (SSSR count). The molecule has 1 fully saturated rings. The molecule has 1 amide bonds. The second-order valence-corrected chi connectivity index (χ2v) is 7.09. The molecule has 1 aliphatic rings. The van der Waals surface area contributed by atoms with E-state index < -0.39 is 23.7 Å². The van der Waals surface area contributed by atoms with Gasteiger partial charge >= 0.3 is 12.1 Å². The van der Waals surface area contributed by atoms with E-state index in [-0.39, 0.29) is 12.5 Å². The smallest absolute Gasteiger partial charge is 0.408 e. The third-order valence-corrected chi connectivity index (χ3v) is 3.90. The van der Waals surface area contributed by atoms with E-state index >= 15 is 0 Å². The number of carboxylic acid groups (broad SMARTS) is 1. The van der Waals surface area contributed by atoms with E-state index in [0.29, 0.717) is 0 Å². The van der Waals surface area contributed by atoms with Crippen molar-refractivity contribution >= 4 is 12.1 Å². The van der Waals surface area contributed by atoms with Crippen LogP contribution < -0.4 is 10.6 Å². The lowest BCUT2D eigenvalue weighted by Gasteiger charge is -2.23. The average molecular weight is 334 g/mol. The number of carboxylic acids is 1. The Kier molecular flexibility index (Phi) is 5.83. The maximum atomic E-state index is 11.9. The summed E-state index contributed by atoms with van der Waals surface area (Å²) in [7, 11) is 0. The van der Waals surface area contributed by atoms with Gasteiger partial charge in [0, 0.05) is 12.5 Å². The summed E-state index contributed by atoms with van der Waals surface area (Å²) in [4.78, 5) is 23.4. The van der Waals surface area contributed by atoms with E-state index in [2.05, 4.69) is 10.6 Å². The van der Waals surface area contributed by atoms with E-state index in [0.717, 1.165) is 30.5 Å². The van der Waals surface area contributed by atoms with Gasteiger partial charge in [0.25, 0.3) is 0 Å². The van der Waals surface area contributed by atoms with Crippen molar-refractivity contribution in [3.05, 3.63) is 35.4 Å². The summed E-state index contributed by atoms with van der Waals surface area (Å²) in [6, 6.07) is 7.00. The quantitative estimate of drug-likeness (QED) is 0.770. The molecule has 3 N–H and O–H groups in total. The third kappa shape index (κ3) is 5.23. The van der Waals surface area contributed by atoms with Crippen LogP contribution in [0.3, 0.4) is 0 Å². The fourth-order valence-electron chi connectivity index (χ4n) is 2.88. The Morgan fingerprint density at radius 3 is 2.67 bits per heavy atom. The maximum Gasteiger partial charge on any atom is 0.408 e. The molecule has 6 heteroatoms. The van der Waals surface area contributed by atoms with Gasteiger partial charge in [-0.1, -0.05) is 24.3 Å². The standard InChI is InChI=1S/C18H26N2O4/c1-18(2,3)24-17(23)20-15(16(21)22)11-12-7-4-5-8-13(12)14-9-6-10-19-14/h4-5,7-8,14-15,19H,6,9-11H2,1-3H3,(H,20,23)(H,21,22). The summed E-state index contributed by atoms with van der Waals surface area (Å²) in [5.74, 6) is -1.07. The molecule has 2 atom stereocenters. The molecule has 0 bridgehead atoms. The molecular formula is C18H26N2O4. The van der Waals surface area contributed by atoms with Gasteiger partial charge in [-0.25, -0.2) is 9.59 Å². The van der Waals surface area contributed by atoms with Crippen molar-refractivity contribution in [1.82, 2.24) is 10.6 Å². The van der Waals surface area contributed by atoms with Crippen molar-refractivity contribution < 1.29 is 19.4 Å². The summed E-state index contributed by atoms with van der Waals surface area (Å²) >= 11 is 0. The van der Waals surface area contributed by atoms with Gasteiger partial charge < -0.3 is 20.5 Å². The van der Waals surface area contributed by atoms with Crippen LogP contribution in [0.4, 0.5) is 4.79 Å². The molecule has 1 aromatic rings. The molecule has 24 heavy (non-hydrogen) atoms. The van der Waals surface area contributed by atoms with Crippen molar-refractivity contribution in [3.63, 3.8) is 0 Å². The Morgan fingerprint density at radius 1 is 1.38 bits per heavy atom. The van der Waals surface area contributed by atoms with Crippen LogP contribution in [0.2, 0.25) is 0 Å². The van der Waals surface area contributed by atoms with Crippen LogP contribution in [0.1, 0.15) is 50.8 Å². The third-order valence-electron chi connectivity index (χ3n) is 3.90. The first-order valence-corrected chi connectivity index (χ1v) is 8.30. The molecular weight excluding hydrogens is 308 g/mol. The molecule has 1 aromatic carbocycles. The van der Waals surface area contributed by atoms with Crippen LogP contribution in [-0.2, 0) is 16.0 Å². The van der Waals surface area contributed by atoms with Gasteiger partial charge in [-0.15, -0.1) is 0 Å². The monoisotopic (exact) mass is 334 g/mol. The largest absolute Gasteiger partial charge is 0.480 e. The van der Waals surface area contributed by atoms with Gasteiger partial charge in [-0.05, 0) is 51.3 Å². The number of rotatable bonds is 5. The number of hydrogen-bond donors (Lipinski definition) is 3. The number of carbonyl (C=O) groups excluding carboxylic acids is 1. The lowest BCUT2D eigenvalue weighted by Crippen LogP contribution is -2.44. The Balaban J connectivity index is 2.11. The highest BCUT2D eigenvalue weighted by molar-refractivity contribution is 5.80. The first kappa shape index (κ1) is 18.3. The molecule has 0 saturated carbocycles. The Morgan fingerprint density at radius 2 is 2.08 bits per heavy atom. The van der Waals surface area contributed by atoms with Crippen LogP contribution >= 0.6 is 0 Å². The fourth-order valence-corrected chi connectivity index (χ4v) is 2.88. The lowest BCUT2D eigenvalue weighted by molar-refractivity contribution is -0.139. The second kappa shape index (κ2) is 7.66. The zero-order valence-corrected chi connectivity index (χ0v) is 14.5. The molecule has 0 spiro atoms. The number of carbonyl (C=O) groups is 2. The molecule has 1 aliphatic heterocycles. The number of ether oxygens (including phenoxy) is 1. The SMILES string of the molecule is CC(C)(C)OC(=O)NC(Cc1ccccc1C1CCCN1)C(=O)O. The minimum Gasteiger partial charge on any atom is -0.480 e. The lowest BCUT2D eigenvalue weighted by atomic mass is 9.94. The first-order chi connectivity index (χ1) is 11.3. The van der Waals surface area contributed by atoms with Gasteiger partial charge in [0.2, 0.25) is 0 Å². The van der Waals surface area contributed by atoms with E-state index in [1.807, 2.05) is 24.3 Å². The Labute approximate surface area is 142 Å². The van der Waals surface area contributed by atoms with Gasteiger partial charge in [0.1, 0.15) is 11.6 Å². The second-order valence-electron chi connectivity index (χ2n) is 7.09. The molecule has 2 unspecified atom stereocenters. The van der Waals surface area contributed by atoms with Crippen molar-refractivity contribution in [2.75, 3.05) is 6.54 Å². The minimum absolute atomic E-state index is 0.225. The number of nitrogens with one attached hydrogen (secondary N) is 2. The molecule has 6 nitrogen and oxygen atoms in total. The number of benzene rings is 1. The normalized spacial score (nSPS) is 18.9. The maximum absolute atomic E-state index is 11.9. The molecule has 0 radical (unpaired) electrons. The number of aliphatic carboxylic acids is 1. The predicted octanol–water partition coefficient (Wildman–Crippen LogP) is 2.63. The Bertz CT molecular complexity index is 589. The summed E-state index contributed by atoms with van der Waals surface area (Å²) in [5.41, 5.74) is 1.37. The number of hydrogen-bond acceptors (Lipinski definition) is 4. The van der Waals surface area contributed by atoms with Crippen molar-refractivity contribution in [2.45, 2.75) is 57.7 Å². The number of amides is 1. The molecule has 0 aromatic heterocycles. The van der Waals surface area contributed by atoms with Gasteiger partial charge in [0.05, 0.1) is 0 Å². The van der Waals surface area contributed by atoms with E-state index in [1.54, 1.807) is 20.8 Å². The average Bonchev–Trinajstić information content (AvgIpc) is 2.99. The summed E-state index contributed by atoms with van der Waals surface area (Å²) in [6.45, 7) is 6.19. The van der Waals surface area contributed by atoms with Gasteiger partial charge in [-0.3, -0.25) is 0 Å².